The minimum atomic E-state index is -3.11. The molecule has 12 heteroatoms. The number of aromatic hydroxyl groups is 1. The Labute approximate surface area is 238 Å². The maximum atomic E-state index is 13.9. The Morgan fingerprint density at radius 1 is 0.875 bits per heavy atom. The van der Waals surface area contributed by atoms with Crippen molar-refractivity contribution in [3.63, 3.8) is 0 Å². The molecule has 0 unspecified atom stereocenters. The van der Waals surface area contributed by atoms with Crippen molar-refractivity contribution in [2.75, 3.05) is 18.1 Å². The van der Waals surface area contributed by atoms with Gasteiger partial charge in [-0.15, -0.1) is 0 Å². The normalized spacial score (nSPS) is 14.6. The van der Waals surface area contributed by atoms with Gasteiger partial charge < -0.3 is 19.3 Å². The van der Waals surface area contributed by atoms with Crippen molar-refractivity contribution in [1.82, 2.24) is 4.98 Å². The van der Waals surface area contributed by atoms with Crippen molar-refractivity contribution in [3.8, 4) is 23.0 Å². The number of halogens is 4. The Balaban J connectivity index is 1.52. The van der Waals surface area contributed by atoms with E-state index >= 15 is 0 Å². The highest BCUT2D eigenvalue weighted by molar-refractivity contribution is 6.42. The minimum Gasteiger partial charge on any atom is -0.504 e. The molecule has 0 saturated heterocycles. The number of benzene rings is 2. The van der Waals surface area contributed by atoms with Crippen LogP contribution in [0.5, 0.6) is 23.0 Å². The average Bonchev–Trinajstić information content (AvgIpc) is 3.84. The van der Waals surface area contributed by atoms with Crippen molar-refractivity contribution in [1.29, 1.82) is 0 Å². The summed E-state index contributed by atoms with van der Waals surface area (Å²) < 4.78 is 41.9. The van der Waals surface area contributed by atoms with Gasteiger partial charge in [0, 0.05) is 23.5 Å². The van der Waals surface area contributed by atoms with E-state index in [-0.39, 0.29) is 62.4 Å². The molecule has 0 atom stereocenters. The lowest BCUT2D eigenvalue weighted by Gasteiger charge is -2.24. The molecule has 0 aliphatic heterocycles. The van der Waals surface area contributed by atoms with Gasteiger partial charge in [-0.05, 0) is 73.9 Å². The third kappa shape index (κ3) is 6.56. The number of pyridine rings is 1. The summed E-state index contributed by atoms with van der Waals surface area (Å²) in [6.45, 7) is -2.46. The Bertz CT molecular complexity index is 1410. The molecule has 0 spiro atoms. The van der Waals surface area contributed by atoms with Gasteiger partial charge in [-0.3, -0.25) is 14.6 Å². The summed E-state index contributed by atoms with van der Waals surface area (Å²) in [5.41, 5.74) is -0.201. The molecule has 2 saturated carbocycles. The highest BCUT2D eigenvalue weighted by atomic mass is 35.5. The molecule has 40 heavy (non-hydrogen) atoms. The second kappa shape index (κ2) is 11.9. The van der Waals surface area contributed by atoms with Gasteiger partial charge in [0.1, 0.15) is 0 Å². The molecule has 1 N–H and O–H groups in total. The first-order chi connectivity index (χ1) is 19.2. The fourth-order valence-corrected chi connectivity index (χ4v) is 4.40. The van der Waals surface area contributed by atoms with Crippen LogP contribution in [0.25, 0.3) is 0 Å². The first kappa shape index (κ1) is 27.9. The predicted molar refractivity (Wildman–Crippen MR) is 143 cm³/mol. The molecule has 210 valence electrons. The molecule has 5 rings (SSSR count). The van der Waals surface area contributed by atoms with Gasteiger partial charge in [-0.25, -0.2) is 4.90 Å². The second-order valence-corrected chi connectivity index (χ2v) is 10.4. The number of hydrogen-bond donors (Lipinski definition) is 1. The van der Waals surface area contributed by atoms with Crippen molar-refractivity contribution in [2.45, 2.75) is 32.3 Å². The number of hydrogen-bond acceptors (Lipinski definition) is 7. The lowest BCUT2D eigenvalue weighted by molar-refractivity contribution is -0.0515. The maximum Gasteiger partial charge on any atom is 0.387 e. The summed E-state index contributed by atoms with van der Waals surface area (Å²) >= 11 is 12.7. The first-order valence-electron chi connectivity index (χ1n) is 12.6. The molecule has 2 aromatic carbocycles. The number of imide groups is 1. The SMILES string of the molecule is O=C(c1ccc(O)c(OCC2CC2)c1)N(C(=O)c1ccc(OC(F)F)c(OCC2CC2)c1)c1c(Cl)cncc1Cl. The molecule has 1 aromatic heterocycles. The highest BCUT2D eigenvalue weighted by Gasteiger charge is 2.32. The molecule has 8 nitrogen and oxygen atoms in total. The van der Waals surface area contributed by atoms with E-state index in [9.17, 15) is 23.5 Å². The third-order valence-electron chi connectivity index (χ3n) is 6.41. The Morgan fingerprint density at radius 2 is 1.40 bits per heavy atom. The van der Waals surface area contributed by atoms with Gasteiger partial charge in [0.05, 0.1) is 28.9 Å². The largest absolute Gasteiger partial charge is 0.504 e. The highest BCUT2D eigenvalue weighted by Crippen LogP contribution is 2.39. The minimum absolute atomic E-state index is 0.00348. The zero-order valence-corrected chi connectivity index (χ0v) is 22.5. The zero-order chi connectivity index (χ0) is 28.4. The summed E-state index contributed by atoms with van der Waals surface area (Å²) in [4.78, 5) is 32.4. The average molecular weight is 593 g/mol. The fourth-order valence-electron chi connectivity index (χ4n) is 3.87. The molecule has 0 bridgehead atoms. The predicted octanol–water partition coefficient (Wildman–Crippen LogP) is 6.76. The van der Waals surface area contributed by atoms with E-state index in [1.165, 1.54) is 48.8 Å². The summed E-state index contributed by atoms with van der Waals surface area (Å²) in [6.07, 6.45) is 6.39. The summed E-state index contributed by atoms with van der Waals surface area (Å²) in [7, 11) is 0. The molecular weight excluding hydrogens is 569 g/mol. The van der Waals surface area contributed by atoms with Crippen molar-refractivity contribution < 1.29 is 37.7 Å². The van der Waals surface area contributed by atoms with Gasteiger partial charge in [0.2, 0.25) is 0 Å². The van der Waals surface area contributed by atoms with E-state index in [1.807, 2.05) is 0 Å². The lowest BCUT2D eigenvalue weighted by atomic mass is 10.1. The monoisotopic (exact) mass is 592 g/mol. The van der Waals surface area contributed by atoms with Crippen LogP contribution in [0.15, 0.2) is 48.8 Å². The van der Waals surface area contributed by atoms with E-state index in [4.69, 9.17) is 32.7 Å². The number of aromatic nitrogens is 1. The summed E-state index contributed by atoms with van der Waals surface area (Å²) in [6, 6.07) is 7.57. The van der Waals surface area contributed by atoms with Crippen molar-refractivity contribution in [3.05, 3.63) is 70.0 Å². The lowest BCUT2D eigenvalue weighted by Crippen LogP contribution is -2.37. The molecule has 2 fully saturated rings. The van der Waals surface area contributed by atoms with Crippen LogP contribution in [0, 0.1) is 11.8 Å². The van der Waals surface area contributed by atoms with Gasteiger partial charge >= 0.3 is 6.61 Å². The van der Waals surface area contributed by atoms with Crippen LogP contribution in [0.4, 0.5) is 14.5 Å². The van der Waals surface area contributed by atoms with Gasteiger partial charge in [0.25, 0.3) is 11.8 Å². The number of phenolic OH excluding ortho intramolecular Hbond substituents is 1. The smallest absolute Gasteiger partial charge is 0.387 e. The number of rotatable bonds is 11. The molecule has 2 aliphatic rings. The van der Waals surface area contributed by atoms with Gasteiger partial charge in [0.15, 0.2) is 23.0 Å². The molecule has 2 amide bonds. The van der Waals surface area contributed by atoms with Crippen molar-refractivity contribution in [2.24, 2.45) is 11.8 Å². The van der Waals surface area contributed by atoms with Crippen LogP contribution < -0.4 is 19.1 Å². The molecule has 1 heterocycles. The third-order valence-corrected chi connectivity index (χ3v) is 6.97. The standard InChI is InChI=1S/C28H24Cl2F2N2O6/c29-19-11-33-12-20(30)25(19)34(26(36)17-5-7-21(35)23(9-17)38-13-15-1-2-15)27(37)18-6-8-22(40-28(31)32)24(10-18)39-14-16-3-4-16/h5-12,15-16,28,35H,1-4,13-14H2. The van der Waals surface area contributed by atoms with E-state index in [2.05, 4.69) is 9.72 Å². The van der Waals surface area contributed by atoms with Crippen LogP contribution in [0.3, 0.4) is 0 Å². The summed E-state index contributed by atoms with van der Waals surface area (Å²) in [5.74, 6) is -1.42. The number of phenols is 1. The Morgan fingerprint density at radius 3 is 1.95 bits per heavy atom. The molecule has 0 radical (unpaired) electrons. The van der Waals surface area contributed by atoms with Crippen LogP contribution in [0.1, 0.15) is 46.4 Å². The van der Waals surface area contributed by atoms with E-state index < -0.39 is 18.4 Å². The Kier molecular flexibility index (Phi) is 8.27. The second-order valence-electron chi connectivity index (χ2n) is 9.63. The van der Waals surface area contributed by atoms with Crippen LogP contribution in [0.2, 0.25) is 10.0 Å². The first-order valence-corrected chi connectivity index (χ1v) is 13.3. The summed E-state index contributed by atoms with van der Waals surface area (Å²) in [5, 5.41) is 10.1. The number of ether oxygens (including phenoxy) is 3. The van der Waals surface area contributed by atoms with E-state index in [1.54, 1.807) is 0 Å². The number of carbonyl (C=O) groups is 2. The Hall–Kier alpha value is -3.63. The zero-order valence-electron chi connectivity index (χ0n) is 21.0. The number of nitrogens with zero attached hydrogens (tertiary/aromatic N) is 2. The number of carbonyl (C=O) groups excluding carboxylic acids is 2. The molecular formula is C28H24Cl2F2N2O6. The van der Waals surface area contributed by atoms with Gasteiger partial charge in [-0.1, -0.05) is 23.2 Å². The number of anilines is 1. The quantitative estimate of drug-likeness (QED) is 0.245. The number of alkyl halides is 2. The maximum absolute atomic E-state index is 13.9. The topological polar surface area (TPSA) is 98.2 Å². The van der Waals surface area contributed by atoms with Gasteiger partial charge in [-0.2, -0.15) is 8.78 Å². The molecule has 2 aliphatic carbocycles. The van der Waals surface area contributed by atoms with Crippen LogP contribution >= 0.6 is 23.2 Å². The number of amides is 2. The van der Waals surface area contributed by atoms with Crippen LogP contribution in [-0.4, -0.2) is 41.7 Å². The van der Waals surface area contributed by atoms with Crippen LogP contribution in [-0.2, 0) is 0 Å². The van der Waals surface area contributed by atoms with E-state index in [0.29, 0.717) is 12.5 Å². The molecule has 3 aromatic rings. The fraction of sp³-hybridized carbons (Fsp3) is 0.321. The van der Waals surface area contributed by atoms with Crippen molar-refractivity contribution >= 4 is 40.7 Å². The van der Waals surface area contributed by atoms with E-state index in [0.717, 1.165) is 30.6 Å².